The molecule has 0 saturated carbocycles. The first kappa shape index (κ1) is 15.8. The standard InChI is InChI=1S/C19H15N5O2/c25-19(16-10-15(23-24-16)13-4-2-1-3-5-13)22-11-17-18(21-8-7-20-17)14-6-9-26-12-14/h1-10,12H,11H2,(H,22,25)(H,23,24). The summed E-state index contributed by atoms with van der Waals surface area (Å²) in [5.74, 6) is -0.261. The number of furan rings is 1. The monoisotopic (exact) mass is 345 g/mol. The van der Waals surface area contributed by atoms with Crippen molar-refractivity contribution in [3.05, 3.63) is 78.8 Å². The number of rotatable bonds is 5. The maximum atomic E-state index is 12.4. The Hall–Kier alpha value is -3.74. The summed E-state index contributed by atoms with van der Waals surface area (Å²) >= 11 is 0. The van der Waals surface area contributed by atoms with Crippen molar-refractivity contribution in [2.24, 2.45) is 0 Å². The number of aromatic amines is 1. The molecule has 7 nitrogen and oxygen atoms in total. The Balaban J connectivity index is 1.48. The molecule has 0 saturated heterocycles. The minimum absolute atomic E-state index is 0.243. The second-order valence-corrected chi connectivity index (χ2v) is 5.58. The number of hydrogen-bond acceptors (Lipinski definition) is 5. The molecule has 4 aromatic rings. The first-order chi connectivity index (χ1) is 12.8. The Kier molecular flexibility index (Phi) is 4.26. The summed E-state index contributed by atoms with van der Waals surface area (Å²) in [7, 11) is 0. The van der Waals surface area contributed by atoms with Crippen LogP contribution in [0.15, 0.2) is 71.8 Å². The molecule has 0 spiro atoms. The SMILES string of the molecule is O=C(NCc1nccnc1-c1ccoc1)c1cc(-c2ccccc2)n[nH]1. The normalized spacial score (nSPS) is 10.6. The molecule has 0 unspecified atom stereocenters. The van der Waals surface area contributed by atoms with E-state index in [2.05, 4.69) is 25.5 Å². The van der Waals surface area contributed by atoms with Crippen LogP contribution in [-0.2, 0) is 6.54 Å². The minimum Gasteiger partial charge on any atom is -0.472 e. The van der Waals surface area contributed by atoms with E-state index in [-0.39, 0.29) is 12.5 Å². The van der Waals surface area contributed by atoms with E-state index in [9.17, 15) is 4.79 Å². The van der Waals surface area contributed by atoms with Gasteiger partial charge in [-0.3, -0.25) is 19.9 Å². The zero-order chi connectivity index (χ0) is 17.8. The fourth-order valence-electron chi connectivity index (χ4n) is 2.59. The van der Waals surface area contributed by atoms with Gasteiger partial charge in [0.1, 0.15) is 5.69 Å². The third kappa shape index (κ3) is 3.23. The predicted octanol–water partition coefficient (Wildman–Crippen LogP) is 3.06. The lowest BCUT2D eigenvalue weighted by atomic mass is 10.1. The van der Waals surface area contributed by atoms with Gasteiger partial charge in [-0.2, -0.15) is 5.10 Å². The third-order valence-electron chi connectivity index (χ3n) is 3.88. The second kappa shape index (κ2) is 7.02. The van der Waals surface area contributed by atoms with Gasteiger partial charge in [-0.25, -0.2) is 0 Å². The highest BCUT2D eigenvalue weighted by atomic mass is 16.3. The summed E-state index contributed by atoms with van der Waals surface area (Å²) in [6, 6.07) is 13.2. The van der Waals surface area contributed by atoms with Gasteiger partial charge in [0.2, 0.25) is 0 Å². The number of benzene rings is 1. The molecule has 1 amide bonds. The van der Waals surface area contributed by atoms with Crippen molar-refractivity contribution in [2.75, 3.05) is 0 Å². The zero-order valence-electron chi connectivity index (χ0n) is 13.7. The van der Waals surface area contributed by atoms with E-state index in [4.69, 9.17) is 4.42 Å². The first-order valence-electron chi connectivity index (χ1n) is 8.03. The Labute approximate surface area is 149 Å². The van der Waals surface area contributed by atoms with Crippen LogP contribution in [0.3, 0.4) is 0 Å². The van der Waals surface area contributed by atoms with E-state index >= 15 is 0 Å². The van der Waals surface area contributed by atoms with Crippen LogP contribution in [0, 0.1) is 0 Å². The fourth-order valence-corrected chi connectivity index (χ4v) is 2.59. The first-order valence-corrected chi connectivity index (χ1v) is 8.03. The molecular formula is C19H15N5O2. The van der Waals surface area contributed by atoms with Crippen molar-refractivity contribution in [3.8, 4) is 22.5 Å². The number of carbonyl (C=O) groups is 1. The number of aromatic nitrogens is 4. The van der Waals surface area contributed by atoms with E-state index < -0.39 is 0 Å². The lowest BCUT2D eigenvalue weighted by Crippen LogP contribution is -2.24. The van der Waals surface area contributed by atoms with Crippen molar-refractivity contribution < 1.29 is 9.21 Å². The Morgan fingerprint density at radius 1 is 1.08 bits per heavy atom. The molecule has 0 aliphatic rings. The quantitative estimate of drug-likeness (QED) is 0.579. The maximum absolute atomic E-state index is 12.4. The molecule has 128 valence electrons. The zero-order valence-corrected chi connectivity index (χ0v) is 13.7. The highest BCUT2D eigenvalue weighted by Crippen LogP contribution is 2.20. The minimum atomic E-state index is -0.261. The predicted molar refractivity (Wildman–Crippen MR) is 94.9 cm³/mol. The summed E-state index contributed by atoms with van der Waals surface area (Å²) < 4.78 is 5.10. The smallest absolute Gasteiger partial charge is 0.269 e. The van der Waals surface area contributed by atoms with Crippen LogP contribution in [0.2, 0.25) is 0 Å². The number of H-pyrrole nitrogens is 1. The molecule has 1 aromatic carbocycles. The van der Waals surface area contributed by atoms with Gasteiger partial charge in [0, 0.05) is 23.5 Å². The van der Waals surface area contributed by atoms with E-state index in [1.54, 1.807) is 37.1 Å². The van der Waals surface area contributed by atoms with Gasteiger partial charge in [0.25, 0.3) is 5.91 Å². The van der Waals surface area contributed by atoms with Crippen LogP contribution in [-0.4, -0.2) is 26.1 Å². The molecular weight excluding hydrogens is 330 g/mol. The lowest BCUT2D eigenvalue weighted by Gasteiger charge is -2.06. The molecule has 3 heterocycles. The molecule has 0 atom stereocenters. The molecule has 4 rings (SSSR count). The van der Waals surface area contributed by atoms with Gasteiger partial charge < -0.3 is 9.73 Å². The van der Waals surface area contributed by atoms with Crippen molar-refractivity contribution in [1.82, 2.24) is 25.5 Å². The van der Waals surface area contributed by atoms with Crippen molar-refractivity contribution >= 4 is 5.91 Å². The molecule has 0 bridgehead atoms. The molecule has 0 aliphatic heterocycles. The summed E-state index contributed by atoms with van der Waals surface area (Å²) in [6.45, 7) is 0.243. The number of hydrogen-bond donors (Lipinski definition) is 2. The molecule has 0 radical (unpaired) electrons. The summed E-state index contributed by atoms with van der Waals surface area (Å²) in [5.41, 5.74) is 4.20. The topological polar surface area (TPSA) is 96.7 Å². The highest BCUT2D eigenvalue weighted by Gasteiger charge is 2.13. The largest absolute Gasteiger partial charge is 0.472 e. The fraction of sp³-hybridized carbons (Fsp3) is 0.0526. The molecule has 0 aliphatic carbocycles. The number of amides is 1. The molecule has 7 heteroatoms. The van der Waals surface area contributed by atoms with Crippen LogP contribution in [0.1, 0.15) is 16.2 Å². The van der Waals surface area contributed by atoms with E-state index in [0.29, 0.717) is 22.8 Å². The lowest BCUT2D eigenvalue weighted by molar-refractivity contribution is 0.0945. The Morgan fingerprint density at radius 2 is 1.92 bits per heavy atom. The van der Waals surface area contributed by atoms with E-state index in [1.165, 1.54) is 0 Å². The average Bonchev–Trinajstić information content (AvgIpc) is 3.39. The maximum Gasteiger partial charge on any atom is 0.269 e. The highest BCUT2D eigenvalue weighted by molar-refractivity contribution is 5.93. The number of carbonyl (C=O) groups excluding carboxylic acids is 1. The molecule has 2 N–H and O–H groups in total. The van der Waals surface area contributed by atoms with Crippen LogP contribution >= 0.6 is 0 Å². The second-order valence-electron chi connectivity index (χ2n) is 5.58. The van der Waals surface area contributed by atoms with E-state index in [0.717, 1.165) is 11.1 Å². The van der Waals surface area contributed by atoms with E-state index in [1.807, 2.05) is 30.3 Å². The van der Waals surface area contributed by atoms with Crippen LogP contribution in [0.5, 0.6) is 0 Å². The Bertz CT molecular complexity index is 1010. The van der Waals surface area contributed by atoms with Gasteiger partial charge in [0.15, 0.2) is 0 Å². The summed E-state index contributed by atoms with van der Waals surface area (Å²) in [6.07, 6.45) is 6.36. The van der Waals surface area contributed by atoms with Gasteiger partial charge in [-0.15, -0.1) is 0 Å². The van der Waals surface area contributed by atoms with Gasteiger partial charge in [-0.1, -0.05) is 30.3 Å². The average molecular weight is 345 g/mol. The third-order valence-corrected chi connectivity index (χ3v) is 3.88. The van der Waals surface area contributed by atoms with Gasteiger partial charge >= 0.3 is 0 Å². The summed E-state index contributed by atoms with van der Waals surface area (Å²) in [4.78, 5) is 21.0. The van der Waals surface area contributed by atoms with Gasteiger partial charge in [0.05, 0.1) is 36.2 Å². The Morgan fingerprint density at radius 3 is 2.73 bits per heavy atom. The van der Waals surface area contributed by atoms with Crippen LogP contribution in [0.4, 0.5) is 0 Å². The van der Waals surface area contributed by atoms with Crippen LogP contribution in [0.25, 0.3) is 22.5 Å². The van der Waals surface area contributed by atoms with Gasteiger partial charge in [-0.05, 0) is 12.1 Å². The number of nitrogens with zero attached hydrogens (tertiary/aromatic N) is 3. The number of nitrogens with one attached hydrogen (secondary N) is 2. The molecule has 3 aromatic heterocycles. The van der Waals surface area contributed by atoms with Crippen molar-refractivity contribution in [2.45, 2.75) is 6.54 Å². The molecule has 26 heavy (non-hydrogen) atoms. The summed E-state index contributed by atoms with van der Waals surface area (Å²) in [5, 5.41) is 9.80. The van der Waals surface area contributed by atoms with Crippen molar-refractivity contribution in [3.63, 3.8) is 0 Å². The molecule has 0 fully saturated rings. The van der Waals surface area contributed by atoms with Crippen LogP contribution < -0.4 is 5.32 Å². The van der Waals surface area contributed by atoms with Crippen molar-refractivity contribution in [1.29, 1.82) is 0 Å².